The number of carboxylic acids is 1. The van der Waals surface area contributed by atoms with E-state index in [1.807, 2.05) is 32.0 Å². The summed E-state index contributed by atoms with van der Waals surface area (Å²) in [4.78, 5) is 29.2. The molecule has 5 heteroatoms. The second-order valence-corrected chi connectivity index (χ2v) is 5.11. The second kappa shape index (κ2) is 6.85. The van der Waals surface area contributed by atoms with Crippen LogP contribution in [0.1, 0.15) is 27.9 Å². The molecule has 0 aliphatic carbocycles. The van der Waals surface area contributed by atoms with Crippen molar-refractivity contribution in [1.29, 1.82) is 0 Å². The summed E-state index contributed by atoms with van der Waals surface area (Å²) >= 11 is 0. The van der Waals surface area contributed by atoms with Gasteiger partial charge in [-0.15, -0.1) is 0 Å². The molecule has 0 saturated heterocycles. The van der Waals surface area contributed by atoms with Gasteiger partial charge in [0.2, 0.25) is 0 Å². The van der Waals surface area contributed by atoms with Crippen molar-refractivity contribution < 1.29 is 14.7 Å². The van der Waals surface area contributed by atoms with Crippen LogP contribution in [0.15, 0.2) is 42.6 Å². The van der Waals surface area contributed by atoms with Gasteiger partial charge in [-0.25, -0.2) is 4.98 Å². The largest absolute Gasteiger partial charge is 0.481 e. The van der Waals surface area contributed by atoms with Gasteiger partial charge in [0.1, 0.15) is 5.82 Å². The summed E-state index contributed by atoms with van der Waals surface area (Å²) in [6.07, 6.45) is 1.46. The number of hydrogen-bond donors (Lipinski definition) is 1. The molecule has 1 aromatic carbocycles. The van der Waals surface area contributed by atoms with E-state index in [2.05, 4.69) is 4.98 Å². The number of amides is 1. The number of aryl methyl sites for hydroxylation is 2. The molecule has 0 aliphatic rings. The molecule has 2 aromatic rings. The van der Waals surface area contributed by atoms with Crippen molar-refractivity contribution in [2.24, 2.45) is 0 Å². The number of carbonyl (C=O) groups is 2. The van der Waals surface area contributed by atoms with Crippen LogP contribution in [-0.4, -0.2) is 28.5 Å². The zero-order chi connectivity index (χ0) is 16.1. The molecule has 1 aromatic heterocycles. The zero-order valence-electron chi connectivity index (χ0n) is 12.6. The van der Waals surface area contributed by atoms with Crippen LogP contribution in [0.4, 0.5) is 5.82 Å². The van der Waals surface area contributed by atoms with Crippen molar-refractivity contribution in [3.63, 3.8) is 0 Å². The Morgan fingerprint density at radius 3 is 2.41 bits per heavy atom. The number of aliphatic carboxylic acids is 1. The fourth-order valence-corrected chi connectivity index (χ4v) is 2.12. The first-order valence-corrected chi connectivity index (χ1v) is 7.01. The SMILES string of the molecule is Cc1ccc(C(=O)N(CCC(=O)O)c2ncccc2C)cc1. The normalized spacial score (nSPS) is 10.3. The number of hydrogen-bond acceptors (Lipinski definition) is 3. The van der Waals surface area contributed by atoms with Gasteiger partial charge in [0, 0.05) is 18.3 Å². The van der Waals surface area contributed by atoms with Gasteiger partial charge >= 0.3 is 5.97 Å². The first-order valence-electron chi connectivity index (χ1n) is 7.01. The quantitative estimate of drug-likeness (QED) is 0.921. The molecule has 1 N–H and O–H groups in total. The van der Waals surface area contributed by atoms with Gasteiger partial charge in [0.05, 0.1) is 6.42 Å². The van der Waals surface area contributed by atoms with E-state index in [1.165, 1.54) is 4.90 Å². The van der Waals surface area contributed by atoms with Crippen LogP contribution in [0, 0.1) is 13.8 Å². The van der Waals surface area contributed by atoms with Crippen molar-refractivity contribution in [2.75, 3.05) is 11.4 Å². The maximum atomic E-state index is 12.7. The highest BCUT2D eigenvalue weighted by atomic mass is 16.4. The van der Waals surface area contributed by atoms with Gasteiger partial charge in [-0.05, 0) is 37.6 Å². The van der Waals surface area contributed by atoms with Crippen molar-refractivity contribution in [3.8, 4) is 0 Å². The van der Waals surface area contributed by atoms with Crippen LogP contribution in [0.5, 0.6) is 0 Å². The van der Waals surface area contributed by atoms with E-state index < -0.39 is 5.97 Å². The minimum absolute atomic E-state index is 0.0832. The maximum Gasteiger partial charge on any atom is 0.305 e. The molecule has 22 heavy (non-hydrogen) atoms. The van der Waals surface area contributed by atoms with Gasteiger partial charge in [-0.2, -0.15) is 0 Å². The third-order valence-corrected chi connectivity index (χ3v) is 3.33. The molecule has 0 radical (unpaired) electrons. The lowest BCUT2D eigenvalue weighted by Gasteiger charge is -2.22. The number of rotatable bonds is 5. The zero-order valence-corrected chi connectivity index (χ0v) is 12.6. The summed E-state index contributed by atoms with van der Waals surface area (Å²) in [6, 6.07) is 10.8. The lowest BCUT2D eigenvalue weighted by atomic mass is 10.1. The van der Waals surface area contributed by atoms with E-state index in [9.17, 15) is 9.59 Å². The standard InChI is InChI=1S/C17H18N2O3/c1-12-5-7-14(8-6-12)17(22)19(11-9-15(20)21)16-13(2)4-3-10-18-16/h3-8,10H,9,11H2,1-2H3,(H,20,21). The van der Waals surface area contributed by atoms with Gasteiger partial charge in [0.15, 0.2) is 0 Å². The summed E-state index contributed by atoms with van der Waals surface area (Å²) in [7, 11) is 0. The molecule has 114 valence electrons. The summed E-state index contributed by atoms with van der Waals surface area (Å²) in [5.41, 5.74) is 2.40. The highest BCUT2D eigenvalue weighted by Crippen LogP contribution is 2.19. The van der Waals surface area contributed by atoms with Gasteiger partial charge in [-0.1, -0.05) is 23.8 Å². The van der Waals surface area contributed by atoms with Crippen LogP contribution in [0.2, 0.25) is 0 Å². The molecule has 0 atom stereocenters. The Kier molecular flexibility index (Phi) is 4.88. The molecule has 0 unspecified atom stereocenters. The number of anilines is 1. The summed E-state index contributed by atoms with van der Waals surface area (Å²) in [5, 5.41) is 8.91. The molecular formula is C17H18N2O3. The van der Waals surface area contributed by atoms with Gasteiger partial charge in [0.25, 0.3) is 5.91 Å². The monoisotopic (exact) mass is 298 g/mol. The number of aromatic nitrogens is 1. The fourth-order valence-electron chi connectivity index (χ4n) is 2.12. The molecule has 0 aliphatic heterocycles. The van der Waals surface area contributed by atoms with E-state index >= 15 is 0 Å². The van der Waals surface area contributed by atoms with Gasteiger partial charge < -0.3 is 5.11 Å². The van der Waals surface area contributed by atoms with Crippen LogP contribution in [0.3, 0.4) is 0 Å². The summed E-state index contributed by atoms with van der Waals surface area (Å²) in [6.45, 7) is 3.87. The third kappa shape index (κ3) is 3.69. The first-order chi connectivity index (χ1) is 10.5. The molecular weight excluding hydrogens is 280 g/mol. The topological polar surface area (TPSA) is 70.5 Å². The number of carbonyl (C=O) groups excluding carboxylic acids is 1. The lowest BCUT2D eigenvalue weighted by molar-refractivity contribution is -0.136. The Morgan fingerprint density at radius 1 is 1.14 bits per heavy atom. The summed E-state index contributed by atoms with van der Waals surface area (Å²) in [5.74, 6) is -0.701. The second-order valence-electron chi connectivity index (χ2n) is 5.11. The Morgan fingerprint density at radius 2 is 1.82 bits per heavy atom. The number of nitrogens with zero attached hydrogens (tertiary/aromatic N) is 2. The Balaban J connectivity index is 2.35. The Bertz CT molecular complexity index is 681. The minimum atomic E-state index is -0.949. The third-order valence-electron chi connectivity index (χ3n) is 3.33. The lowest BCUT2D eigenvalue weighted by Crippen LogP contribution is -2.34. The average Bonchev–Trinajstić information content (AvgIpc) is 2.49. The molecule has 2 rings (SSSR count). The Hall–Kier alpha value is -2.69. The first kappa shape index (κ1) is 15.7. The smallest absolute Gasteiger partial charge is 0.305 e. The van der Waals surface area contributed by atoms with Crippen molar-refractivity contribution in [2.45, 2.75) is 20.3 Å². The predicted molar refractivity (Wildman–Crippen MR) is 84.1 cm³/mol. The predicted octanol–water partition coefficient (Wildman–Crippen LogP) is 2.82. The molecule has 5 nitrogen and oxygen atoms in total. The molecule has 1 heterocycles. The van der Waals surface area contributed by atoms with E-state index in [1.54, 1.807) is 24.4 Å². The van der Waals surface area contributed by atoms with Crippen molar-refractivity contribution >= 4 is 17.7 Å². The van der Waals surface area contributed by atoms with E-state index in [4.69, 9.17) is 5.11 Å². The minimum Gasteiger partial charge on any atom is -0.481 e. The van der Waals surface area contributed by atoms with Crippen LogP contribution < -0.4 is 4.90 Å². The number of benzene rings is 1. The van der Waals surface area contributed by atoms with Gasteiger partial charge in [-0.3, -0.25) is 14.5 Å². The van der Waals surface area contributed by atoms with Crippen molar-refractivity contribution in [3.05, 3.63) is 59.3 Å². The number of pyridine rings is 1. The van der Waals surface area contributed by atoms with Crippen molar-refractivity contribution in [1.82, 2.24) is 4.98 Å². The van der Waals surface area contributed by atoms with Crippen LogP contribution in [-0.2, 0) is 4.79 Å². The molecule has 0 saturated carbocycles. The van der Waals surface area contributed by atoms with Crippen LogP contribution >= 0.6 is 0 Å². The molecule has 0 spiro atoms. The van der Waals surface area contributed by atoms with Crippen LogP contribution in [0.25, 0.3) is 0 Å². The maximum absolute atomic E-state index is 12.7. The molecule has 0 bridgehead atoms. The average molecular weight is 298 g/mol. The highest BCUT2D eigenvalue weighted by Gasteiger charge is 2.21. The molecule has 0 fully saturated rings. The highest BCUT2D eigenvalue weighted by molar-refractivity contribution is 6.06. The summed E-state index contributed by atoms with van der Waals surface area (Å²) < 4.78 is 0. The molecule has 1 amide bonds. The Labute approximate surface area is 129 Å². The van der Waals surface area contributed by atoms with E-state index in [-0.39, 0.29) is 18.9 Å². The van der Waals surface area contributed by atoms with E-state index in [0.29, 0.717) is 11.4 Å². The van der Waals surface area contributed by atoms with E-state index in [0.717, 1.165) is 11.1 Å². The number of carboxylic acid groups (broad SMARTS) is 1. The fraction of sp³-hybridized carbons (Fsp3) is 0.235.